The number of hydrogen-bond donors (Lipinski definition) is 0. The zero-order chi connectivity index (χ0) is 18.4. The lowest BCUT2D eigenvalue weighted by Gasteiger charge is -2.35. The molecule has 7 heteroatoms. The monoisotopic (exact) mass is 368 g/mol. The highest BCUT2D eigenvalue weighted by molar-refractivity contribution is 7.88. The first-order valence-electron chi connectivity index (χ1n) is 8.73. The van der Waals surface area contributed by atoms with E-state index in [1.807, 2.05) is 36.1 Å². The number of ether oxygens (including phenoxy) is 1. The molecule has 25 heavy (non-hydrogen) atoms. The van der Waals surface area contributed by atoms with Crippen LogP contribution in [-0.4, -0.2) is 62.6 Å². The van der Waals surface area contributed by atoms with Gasteiger partial charge in [0.2, 0.25) is 15.9 Å². The van der Waals surface area contributed by atoms with Crippen LogP contribution >= 0.6 is 0 Å². The number of carbonyl (C=O) groups is 1. The van der Waals surface area contributed by atoms with Crippen molar-refractivity contribution >= 4 is 15.9 Å². The number of hydrogen-bond acceptors (Lipinski definition) is 4. The molecule has 0 atom stereocenters. The average Bonchev–Trinajstić information content (AvgIpc) is 2.60. The molecule has 0 spiro atoms. The zero-order valence-corrected chi connectivity index (χ0v) is 16.1. The van der Waals surface area contributed by atoms with Crippen LogP contribution in [0.25, 0.3) is 0 Å². The van der Waals surface area contributed by atoms with Gasteiger partial charge in [0.1, 0.15) is 5.75 Å². The van der Waals surface area contributed by atoms with Gasteiger partial charge < -0.3 is 9.64 Å². The molecule has 0 N–H and O–H groups in total. The smallest absolute Gasteiger partial charge is 0.222 e. The molecule has 1 aliphatic heterocycles. The van der Waals surface area contributed by atoms with Crippen molar-refractivity contribution < 1.29 is 17.9 Å². The average molecular weight is 368 g/mol. The molecule has 1 aliphatic rings. The Labute approximate surface area is 150 Å². The van der Waals surface area contributed by atoms with Crippen molar-refractivity contribution in [3.05, 3.63) is 29.8 Å². The van der Waals surface area contributed by atoms with Crippen molar-refractivity contribution in [2.24, 2.45) is 0 Å². The Bertz CT molecular complexity index is 665. The van der Waals surface area contributed by atoms with Crippen molar-refractivity contribution in [2.75, 3.05) is 33.0 Å². The minimum atomic E-state index is -3.17. The topological polar surface area (TPSA) is 66.9 Å². The molecule has 0 aliphatic carbocycles. The van der Waals surface area contributed by atoms with Gasteiger partial charge in [0, 0.05) is 32.6 Å². The fraction of sp³-hybridized carbons (Fsp3) is 0.611. The summed E-state index contributed by atoms with van der Waals surface area (Å²) in [6.45, 7) is 3.82. The third-order valence-corrected chi connectivity index (χ3v) is 6.06. The van der Waals surface area contributed by atoms with Gasteiger partial charge in [-0.05, 0) is 43.9 Å². The highest BCUT2D eigenvalue weighted by atomic mass is 32.2. The third-order valence-electron chi connectivity index (χ3n) is 4.72. The van der Waals surface area contributed by atoms with Gasteiger partial charge in [-0.15, -0.1) is 0 Å². The minimum Gasteiger partial charge on any atom is -0.494 e. The Morgan fingerprint density at radius 1 is 1.24 bits per heavy atom. The van der Waals surface area contributed by atoms with Crippen LogP contribution in [0.15, 0.2) is 24.3 Å². The van der Waals surface area contributed by atoms with Crippen LogP contribution in [0.1, 0.15) is 31.7 Å². The van der Waals surface area contributed by atoms with Crippen LogP contribution < -0.4 is 4.74 Å². The Kier molecular flexibility index (Phi) is 6.84. The molecule has 0 radical (unpaired) electrons. The number of amides is 1. The Morgan fingerprint density at radius 3 is 2.36 bits per heavy atom. The second-order valence-corrected chi connectivity index (χ2v) is 8.51. The number of piperidine rings is 1. The van der Waals surface area contributed by atoms with Gasteiger partial charge in [0.05, 0.1) is 12.9 Å². The van der Waals surface area contributed by atoms with Crippen LogP contribution in [0, 0.1) is 0 Å². The maximum atomic E-state index is 12.4. The van der Waals surface area contributed by atoms with Gasteiger partial charge in [-0.2, -0.15) is 0 Å². The van der Waals surface area contributed by atoms with Crippen molar-refractivity contribution in [1.82, 2.24) is 9.21 Å². The molecular weight excluding hydrogens is 340 g/mol. The first-order valence-corrected chi connectivity index (χ1v) is 10.6. The first-order chi connectivity index (χ1) is 11.8. The van der Waals surface area contributed by atoms with Crippen LogP contribution in [0.2, 0.25) is 0 Å². The summed E-state index contributed by atoms with van der Waals surface area (Å²) in [5.41, 5.74) is 1.11. The molecule has 0 saturated carbocycles. The van der Waals surface area contributed by atoms with E-state index in [1.165, 1.54) is 10.6 Å². The summed E-state index contributed by atoms with van der Waals surface area (Å²) in [6, 6.07) is 7.83. The van der Waals surface area contributed by atoms with E-state index in [9.17, 15) is 13.2 Å². The van der Waals surface area contributed by atoms with Crippen LogP contribution in [0.5, 0.6) is 5.75 Å². The Morgan fingerprint density at radius 2 is 1.84 bits per heavy atom. The highest BCUT2D eigenvalue weighted by Gasteiger charge is 2.28. The Balaban J connectivity index is 1.79. The van der Waals surface area contributed by atoms with Gasteiger partial charge in [-0.1, -0.05) is 12.1 Å². The van der Waals surface area contributed by atoms with Crippen LogP contribution in [0.4, 0.5) is 0 Å². The maximum Gasteiger partial charge on any atom is 0.222 e. The summed E-state index contributed by atoms with van der Waals surface area (Å²) < 4.78 is 30.1. The summed E-state index contributed by atoms with van der Waals surface area (Å²) in [4.78, 5) is 14.2. The lowest BCUT2D eigenvalue weighted by Crippen LogP contribution is -2.47. The number of rotatable bonds is 7. The maximum absolute atomic E-state index is 12.4. The van der Waals surface area contributed by atoms with E-state index in [1.54, 1.807) is 7.05 Å². The van der Waals surface area contributed by atoms with Crippen LogP contribution in [-0.2, 0) is 21.2 Å². The van der Waals surface area contributed by atoms with Crippen molar-refractivity contribution in [2.45, 2.75) is 38.6 Å². The predicted octanol–water partition coefficient (Wildman–Crippen LogP) is 1.90. The van der Waals surface area contributed by atoms with Crippen LogP contribution in [0.3, 0.4) is 0 Å². The van der Waals surface area contributed by atoms with Gasteiger partial charge in [0.25, 0.3) is 0 Å². The number of nitrogens with zero attached hydrogens (tertiary/aromatic N) is 2. The molecule has 2 rings (SSSR count). The van der Waals surface area contributed by atoms with Gasteiger partial charge >= 0.3 is 0 Å². The number of benzene rings is 1. The van der Waals surface area contributed by atoms with E-state index in [0.29, 0.717) is 45.4 Å². The normalized spacial score (nSPS) is 16.2. The summed E-state index contributed by atoms with van der Waals surface area (Å²) in [5, 5.41) is 0. The second-order valence-electron chi connectivity index (χ2n) is 6.47. The number of carbonyl (C=O) groups excluding carboxylic acids is 1. The molecule has 1 aromatic rings. The first kappa shape index (κ1) is 19.7. The zero-order valence-electron chi connectivity index (χ0n) is 15.3. The molecule has 1 saturated heterocycles. The SMILES string of the molecule is CCOc1ccc(CCC(=O)N2CCC(N(C)S(C)(=O)=O)CC2)cc1. The van der Waals surface area contributed by atoms with E-state index in [4.69, 9.17) is 4.74 Å². The van der Waals surface area contributed by atoms with Crippen molar-refractivity contribution in [3.8, 4) is 5.75 Å². The van der Waals surface area contributed by atoms with E-state index in [0.717, 1.165) is 11.3 Å². The molecule has 140 valence electrons. The summed E-state index contributed by atoms with van der Waals surface area (Å²) in [5.74, 6) is 0.976. The number of sulfonamides is 1. The summed E-state index contributed by atoms with van der Waals surface area (Å²) >= 11 is 0. The Hall–Kier alpha value is -1.60. The second kappa shape index (κ2) is 8.67. The van der Waals surface area contributed by atoms with E-state index >= 15 is 0 Å². The minimum absolute atomic E-state index is 0.00911. The summed E-state index contributed by atoms with van der Waals surface area (Å²) in [6.07, 6.45) is 3.78. The molecule has 1 fully saturated rings. The number of likely N-dealkylation sites (tertiary alicyclic amines) is 1. The third kappa shape index (κ3) is 5.71. The van der Waals surface area contributed by atoms with Crippen molar-refractivity contribution in [1.29, 1.82) is 0 Å². The number of aryl methyl sites for hydroxylation is 1. The highest BCUT2D eigenvalue weighted by Crippen LogP contribution is 2.19. The molecule has 0 aromatic heterocycles. The molecule has 1 aromatic carbocycles. The van der Waals surface area contributed by atoms with Crippen molar-refractivity contribution in [3.63, 3.8) is 0 Å². The standard InChI is InChI=1S/C18H28N2O4S/c1-4-24-17-8-5-15(6-9-17)7-10-18(21)20-13-11-16(12-14-20)19(2)25(3,22)23/h5-6,8-9,16H,4,7,10-14H2,1-3H3. The largest absolute Gasteiger partial charge is 0.494 e. The summed E-state index contributed by atoms with van der Waals surface area (Å²) in [7, 11) is -1.56. The quantitative estimate of drug-likeness (QED) is 0.737. The van der Waals surface area contributed by atoms with E-state index in [2.05, 4.69) is 0 Å². The molecule has 1 heterocycles. The molecule has 0 unspecified atom stereocenters. The molecule has 1 amide bonds. The van der Waals surface area contributed by atoms with Gasteiger partial charge in [-0.25, -0.2) is 12.7 Å². The molecular formula is C18H28N2O4S. The fourth-order valence-electron chi connectivity index (χ4n) is 3.08. The fourth-order valence-corrected chi connectivity index (χ4v) is 3.83. The lowest BCUT2D eigenvalue weighted by atomic mass is 10.0. The lowest BCUT2D eigenvalue weighted by molar-refractivity contribution is -0.132. The molecule has 0 bridgehead atoms. The van der Waals surface area contributed by atoms with E-state index in [-0.39, 0.29) is 11.9 Å². The molecule has 6 nitrogen and oxygen atoms in total. The van der Waals surface area contributed by atoms with Gasteiger partial charge in [0.15, 0.2) is 0 Å². The predicted molar refractivity (Wildman–Crippen MR) is 98.1 cm³/mol. The van der Waals surface area contributed by atoms with Gasteiger partial charge in [-0.3, -0.25) is 4.79 Å². The van der Waals surface area contributed by atoms with E-state index < -0.39 is 10.0 Å².